The van der Waals surface area contributed by atoms with Gasteiger partial charge in [-0.2, -0.15) is 5.10 Å². The highest BCUT2D eigenvalue weighted by Crippen LogP contribution is 2.30. The number of hydrogen-bond donors (Lipinski definition) is 0. The number of carbonyl (C=O) groups is 2. The average molecular weight is 383 g/mol. The second kappa shape index (κ2) is 6.77. The zero-order valence-corrected chi connectivity index (χ0v) is 16.4. The quantitative estimate of drug-likeness (QED) is 0.681. The predicted octanol–water partition coefficient (Wildman–Crippen LogP) is 2.31. The molecule has 8 heteroatoms. The number of aryl methyl sites for hydroxylation is 2. The summed E-state index contributed by atoms with van der Waals surface area (Å²) in [4.78, 5) is 34.6. The highest BCUT2D eigenvalue weighted by Gasteiger charge is 2.26. The summed E-state index contributed by atoms with van der Waals surface area (Å²) in [5.41, 5.74) is 2.85. The van der Waals surface area contributed by atoms with Gasteiger partial charge in [-0.1, -0.05) is 6.07 Å². The molecule has 3 aromatic heterocycles. The molecule has 1 aliphatic heterocycles. The van der Waals surface area contributed by atoms with Crippen LogP contribution >= 0.6 is 11.3 Å². The highest BCUT2D eigenvalue weighted by atomic mass is 32.1. The summed E-state index contributed by atoms with van der Waals surface area (Å²) in [5, 5.41) is 7.25. The zero-order valence-electron chi connectivity index (χ0n) is 15.6. The Morgan fingerprint density at radius 2 is 2.04 bits per heavy atom. The summed E-state index contributed by atoms with van der Waals surface area (Å²) in [5.74, 6) is 0.00131. The van der Waals surface area contributed by atoms with Crippen LogP contribution in [0.15, 0.2) is 23.6 Å². The highest BCUT2D eigenvalue weighted by molar-refractivity contribution is 7.13. The maximum absolute atomic E-state index is 13.4. The van der Waals surface area contributed by atoms with Gasteiger partial charge in [0.05, 0.1) is 27.2 Å². The maximum Gasteiger partial charge on any atom is 0.254 e. The number of hydrogen-bond acceptors (Lipinski definition) is 5. The number of thiophene rings is 1. The smallest absolute Gasteiger partial charge is 0.254 e. The first-order valence-electron chi connectivity index (χ1n) is 8.87. The van der Waals surface area contributed by atoms with Crippen molar-refractivity contribution in [1.29, 1.82) is 0 Å². The zero-order chi connectivity index (χ0) is 19.1. The van der Waals surface area contributed by atoms with Gasteiger partial charge in [0.15, 0.2) is 5.65 Å². The van der Waals surface area contributed by atoms with Gasteiger partial charge < -0.3 is 9.80 Å². The van der Waals surface area contributed by atoms with Gasteiger partial charge in [0.25, 0.3) is 5.91 Å². The van der Waals surface area contributed by atoms with E-state index in [2.05, 4.69) is 5.10 Å². The van der Waals surface area contributed by atoms with Crippen LogP contribution in [0, 0.1) is 6.92 Å². The van der Waals surface area contributed by atoms with Crippen molar-refractivity contribution in [2.75, 3.05) is 26.7 Å². The van der Waals surface area contributed by atoms with Crippen molar-refractivity contribution < 1.29 is 9.59 Å². The van der Waals surface area contributed by atoms with E-state index in [1.807, 2.05) is 37.6 Å². The number of aromatic nitrogens is 3. The molecule has 140 valence electrons. The van der Waals surface area contributed by atoms with Crippen molar-refractivity contribution in [3.05, 3.63) is 34.8 Å². The predicted molar refractivity (Wildman–Crippen MR) is 105 cm³/mol. The number of pyridine rings is 1. The van der Waals surface area contributed by atoms with Crippen molar-refractivity contribution in [2.24, 2.45) is 7.05 Å². The lowest BCUT2D eigenvalue weighted by molar-refractivity contribution is -0.129. The molecule has 0 unspecified atom stereocenters. The topological polar surface area (TPSA) is 71.3 Å². The van der Waals surface area contributed by atoms with Crippen LogP contribution in [0.5, 0.6) is 0 Å². The molecule has 0 saturated carbocycles. The third-order valence-electron chi connectivity index (χ3n) is 4.99. The Morgan fingerprint density at radius 3 is 2.78 bits per heavy atom. The molecule has 27 heavy (non-hydrogen) atoms. The Bertz CT molecular complexity index is 1020. The second-order valence-electron chi connectivity index (χ2n) is 6.80. The van der Waals surface area contributed by atoms with E-state index in [1.165, 1.54) is 0 Å². The van der Waals surface area contributed by atoms with Gasteiger partial charge in [-0.15, -0.1) is 11.3 Å². The summed E-state index contributed by atoms with van der Waals surface area (Å²) in [7, 11) is 3.62. The number of fused-ring (bicyclic) bond motifs is 1. The van der Waals surface area contributed by atoms with Crippen molar-refractivity contribution in [1.82, 2.24) is 24.6 Å². The number of rotatable bonds is 2. The van der Waals surface area contributed by atoms with E-state index >= 15 is 0 Å². The molecule has 4 rings (SSSR count). The van der Waals surface area contributed by atoms with Gasteiger partial charge >= 0.3 is 0 Å². The molecule has 3 aromatic rings. The van der Waals surface area contributed by atoms with Crippen molar-refractivity contribution in [3.8, 4) is 10.6 Å². The fourth-order valence-electron chi connectivity index (χ4n) is 3.47. The number of amides is 2. The summed E-state index contributed by atoms with van der Waals surface area (Å²) in [6.07, 6.45) is 0.347. The van der Waals surface area contributed by atoms with E-state index in [9.17, 15) is 9.59 Å². The second-order valence-corrected chi connectivity index (χ2v) is 7.75. The minimum Gasteiger partial charge on any atom is -0.344 e. The van der Waals surface area contributed by atoms with Crippen LogP contribution in [-0.2, 0) is 11.8 Å². The minimum atomic E-state index is -0.0700. The van der Waals surface area contributed by atoms with E-state index in [0.717, 1.165) is 21.7 Å². The maximum atomic E-state index is 13.4. The van der Waals surface area contributed by atoms with Crippen LogP contribution in [0.25, 0.3) is 21.6 Å². The van der Waals surface area contributed by atoms with E-state index < -0.39 is 0 Å². The molecule has 0 N–H and O–H groups in total. The lowest BCUT2D eigenvalue weighted by Gasteiger charge is -2.21. The lowest BCUT2D eigenvalue weighted by atomic mass is 10.1. The van der Waals surface area contributed by atoms with Gasteiger partial charge in [0.1, 0.15) is 0 Å². The molecule has 0 aromatic carbocycles. The molecule has 0 bridgehead atoms. The monoisotopic (exact) mass is 383 g/mol. The number of likely N-dealkylation sites (N-methyl/N-ethyl adjacent to an activating group) is 1. The SMILES string of the molecule is Cc1nn(C)c2nc(-c3cccs3)cc(C(=O)N3CCC(=O)N(C)CC3)c12. The van der Waals surface area contributed by atoms with Crippen LogP contribution in [0.4, 0.5) is 0 Å². The lowest BCUT2D eigenvalue weighted by Crippen LogP contribution is -2.34. The Hall–Kier alpha value is -2.74. The largest absolute Gasteiger partial charge is 0.344 e. The summed E-state index contributed by atoms with van der Waals surface area (Å²) in [6.45, 7) is 3.39. The molecule has 0 radical (unpaired) electrons. The fraction of sp³-hybridized carbons (Fsp3) is 0.368. The van der Waals surface area contributed by atoms with Gasteiger partial charge in [0.2, 0.25) is 5.91 Å². The number of nitrogens with zero attached hydrogens (tertiary/aromatic N) is 5. The molecule has 2 amide bonds. The van der Waals surface area contributed by atoms with Crippen LogP contribution in [0.1, 0.15) is 22.5 Å². The molecule has 7 nitrogen and oxygen atoms in total. The van der Waals surface area contributed by atoms with Crippen molar-refractivity contribution >= 4 is 34.2 Å². The molecule has 1 saturated heterocycles. The van der Waals surface area contributed by atoms with Gasteiger partial charge in [-0.3, -0.25) is 14.3 Å². The normalized spacial score (nSPS) is 15.4. The Morgan fingerprint density at radius 1 is 1.22 bits per heavy atom. The molecule has 4 heterocycles. The molecule has 0 atom stereocenters. The Balaban J connectivity index is 1.82. The molecule has 0 aliphatic carbocycles. The van der Waals surface area contributed by atoms with Gasteiger partial charge in [-0.25, -0.2) is 4.98 Å². The summed E-state index contributed by atoms with van der Waals surface area (Å²) < 4.78 is 1.72. The summed E-state index contributed by atoms with van der Waals surface area (Å²) >= 11 is 1.59. The van der Waals surface area contributed by atoms with Gasteiger partial charge in [0, 0.05) is 40.2 Å². The van der Waals surface area contributed by atoms with Gasteiger partial charge in [-0.05, 0) is 24.4 Å². The van der Waals surface area contributed by atoms with E-state index in [0.29, 0.717) is 37.3 Å². The first-order chi connectivity index (χ1) is 13.0. The Kier molecular flexibility index (Phi) is 4.43. The third kappa shape index (κ3) is 3.10. The third-order valence-corrected chi connectivity index (χ3v) is 5.88. The minimum absolute atomic E-state index is 0.0700. The molecule has 1 aliphatic rings. The van der Waals surface area contributed by atoms with Crippen LogP contribution in [0.3, 0.4) is 0 Å². The standard InChI is InChI=1S/C19H21N5O2S/c1-12-17-13(19(26)24-7-6-16(25)22(2)8-9-24)11-14(15-5-4-10-27-15)20-18(17)23(3)21-12/h4-5,10-11H,6-9H2,1-3H3. The first kappa shape index (κ1) is 17.7. The van der Waals surface area contributed by atoms with E-state index in [1.54, 1.807) is 32.9 Å². The average Bonchev–Trinajstić information content (AvgIpc) is 3.25. The molecular formula is C19H21N5O2S. The van der Waals surface area contributed by atoms with Crippen LogP contribution < -0.4 is 0 Å². The van der Waals surface area contributed by atoms with Crippen LogP contribution in [-0.4, -0.2) is 63.1 Å². The molecule has 0 spiro atoms. The van der Waals surface area contributed by atoms with Crippen LogP contribution in [0.2, 0.25) is 0 Å². The van der Waals surface area contributed by atoms with Crippen molar-refractivity contribution in [2.45, 2.75) is 13.3 Å². The molecular weight excluding hydrogens is 362 g/mol. The molecule has 1 fully saturated rings. The summed E-state index contributed by atoms with van der Waals surface area (Å²) in [6, 6.07) is 5.83. The Labute approximate surface area is 161 Å². The van der Waals surface area contributed by atoms with E-state index in [4.69, 9.17) is 4.98 Å². The van der Waals surface area contributed by atoms with Crippen molar-refractivity contribution in [3.63, 3.8) is 0 Å². The number of carbonyl (C=O) groups excluding carboxylic acids is 2. The first-order valence-corrected chi connectivity index (χ1v) is 9.75. The van der Waals surface area contributed by atoms with E-state index in [-0.39, 0.29) is 11.8 Å². The fourth-order valence-corrected chi connectivity index (χ4v) is 4.15.